The zero-order chi connectivity index (χ0) is 23.8. The van der Waals surface area contributed by atoms with Crippen LogP contribution in [-0.2, 0) is 12.8 Å². The van der Waals surface area contributed by atoms with E-state index in [1.165, 1.54) is 116 Å². The first kappa shape index (κ1) is 27.8. The van der Waals surface area contributed by atoms with Crippen molar-refractivity contribution in [1.82, 2.24) is 0 Å². The third-order valence-corrected chi connectivity index (χ3v) is 9.60. The first-order valence-corrected chi connectivity index (χ1v) is 15.9. The van der Waals surface area contributed by atoms with Gasteiger partial charge in [-0.2, -0.15) is 0 Å². The Hall–Kier alpha value is -0.780. The lowest BCUT2D eigenvalue weighted by atomic mass is 9.68. The monoisotopic (exact) mass is 466 g/mol. The van der Waals surface area contributed by atoms with Gasteiger partial charge in [0, 0.05) is 0 Å². The smallest absolute Gasteiger partial charge is 0.0276 e. The predicted molar refractivity (Wildman–Crippen MR) is 151 cm³/mol. The van der Waals surface area contributed by atoms with Crippen LogP contribution in [0.15, 0.2) is 24.3 Å². The van der Waals surface area contributed by atoms with Crippen LogP contribution in [0.2, 0.25) is 0 Å². The third-order valence-electron chi connectivity index (χ3n) is 9.60. The molecule has 3 rings (SSSR count). The second kappa shape index (κ2) is 16.8. The number of benzene rings is 1. The van der Waals surface area contributed by atoms with Crippen LogP contribution < -0.4 is 0 Å². The molecule has 0 spiro atoms. The van der Waals surface area contributed by atoms with E-state index in [4.69, 9.17) is 0 Å². The van der Waals surface area contributed by atoms with Crippen LogP contribution in [0.25, 0.3) is 0 Å². The lowest BCUT2D eigenvalue weighted by molar-refractivity contribution is 0.140. The maximum absolute atomic E-state index is 2.43. The molecule has 0 nitrogen and oxygen atoms in total. The van der Waals surface area contributed by atoms with Crippen LogP contribution in [0.5, 0.6) is 0 Å². The van der Waals surface area contributed by atoms with E-state index in [0.29, 0.717) is 0 Å². The molecule has 1 aromatic carbocycles. The van der Waals surface area contributed by atoms with Crippen molar-refractivity contribution < 1.29 is 0 Å². The van der Waals surface area contributed by atoms with E-state index >= 15 is 0 Å². The Morgan fingerprint density at radius 3 is 1.44 bits per heavy atom. The molecule has 2 aliphatic carbocycles. The Labute approximate surface area is 214 Å². The Balaban J connectivity index is 1.24. The van der Waals surface area contributed by atoms with Crippen molar-refractivity contribution in [3.05, 3.63) is 35.4 Å². The molecule has 2 aliphatic rings. The maximum Gasteiger partial charge on any atom is -0.0276 e. The van der Waals surface area contributed by atoms with Crippen LogP contribution in [-0.4, -0.2) is 0 Å². The van der Waals surface area contributed by atoms with Gasteiger partial charge in [0.25, 0.3) is 0 Å². The summed E-state index contributed by atoms with van der Waals surface area (Å²) in [6.45, 7) is 4.62. The van der Waals surface area contributed by atoms with Gasteiger partial charge in [0.2, 0.25) is 0 Å². The SMILES string of the molecule is CCCCCCCc1ccc(CCC2CCC(C3CCC(CCCCCCC)CC3)CC2)cc1. The zero-order valence-corrected chi connectivity index (χ0v) is 23.2. The Bertz CT molecular complexity index is 597. The first-order valence-electron chi connectivity index (χ1n) is 15.9. The summed E-state index contributed by atoms with van der Waals surface area (Å²) in [5.41, 5.74) is 3.12. The van der Waals surface area contributed by atoms with Gasteiger partial charge in [-0.3, -0.25) is 0 Å². The fourth-order valence-electron chi connectivity index (χ4n) is 7.11. The second-order valence-electron chi connectivity index (χ2n) is 12.3. The van der Waals surface area contributed by atoms with Gasteiger partial charge in [-0.25, -0.2) is 0 Å². The molecule has 2 saturated carbocycles. The van der Waals surface area contributed by atoms with Gasteiger partial charge >= 0.3 is 0 Å². The summed E-state index contributed by atoms with van der Waals surface area (Å²) in [4.78, 5) is 0. The summed E-state index contributed by atoms with van der Waals surface area (Å²) < 4.78 is 0. The van der Waals surface area contributed by atoms with Crippen LogP contribution >= 0.6 is 0 Å². The second-order valence-corrected chi connectivity index (χ2v) is 12.3. The summed E-state index contributed by atoms with van der Waals surface area (Å²) >= 11 is 0. The fourth-order valence-corrected chi connectivity index (χ4v) is 7.11. The minimum absolute atomic E-state index is 0.994. The van der Waals surface area contributed by atoms with Crippen molar-refractivity contribution in [3.8, 4) is 0 Å². The molecule has 0 aromatic heterocycles. The summed E-state index contributed by atoms with van der Waals surface area (Å²) in [6, 6.07) is 9.67. The standard InChI is InChI=1S/C34H58/c1-3-5-7-9-11-13-29-15-17-31(18-16-29)19-20-32-23-27-34(28-24-32)33-25-21-30(22-26-33)14-12-10-8-6-4-2/h15-18,30,32-34H,3-14,19-28H2,1-2H3. The van der Waals surface area contributed by atoms with Gasteiger partial charge in [-0.15, -0.1) is 0 Å². The van der Waals surface area contributed by atoms with Gasteiger partial charge in [0.15, 0.2) is 0 Å². The Kier molecular flexibility index (Phi) is 13.7. The summed E-state index contributed by atoms with van der Waals surface area (Å²) in [7, 11) is 0. The molecule has 0 atom stereocenters. The van der Waals surface area contributed by atoms with Crippen molar-refractivity contribution in [2.45, 2.75) is 155 Å². The molecule has 194 valence electrons. The Morgan fingerprint density at radius 2 is 0.912 bits per heavy atom. The lowest BCUT2D eigenvalue weighted by Gasteiger charge is -2.38. The highest BCUT2D eigenvalue weighted by atomic mass is 14.4. The first-order chi connectivity index (χ1) is 16.8. The quantitative estimate of drug-likeness (QED) is 0.212. The molecule has 0 unspecified atom stereocenters. The van der Waals surface area contributed by atoms with Crippen LogP contribution in [0.3, 0.4) is 0 Å². The van der Waals surface area contributed by atoms with Crippen LogP contribution in [0.4, 0.5) is 0 Å². The molecule has 34 heavy (non-hydrogen) atoms. The molecule has 0 bridgehead atoms. The molecule has 0 amide bonds. The molecule has 0 saturated heterocycles. The maximum atomic E-state index is 2.43. The van der Waals surface area contributed by atoms with Crippen molar-refractivity contribution >= 4 is 0 Å². The fraction of sp³-hybridized carbons (Fsp3) is 0.824. The summed E-state index contributed by atoms with van der Waals surface area (Å²) in [5.74, 6) is 4.21. The highest BCUT2D eigenvalue weighted by Crippen LogP contribution is 2.43. The van der Waals surface area contributed by atoms with E-state index < -0.39 is 0 Å². The van der Waals surface area contributed by atoms with Crippen molar-refractivity contribution in [1.29, 1.82) is 0 Å². The number of unbranched alkanes of at least 4 members (excludes halogenated alkanes) is 8. The summed E-state index contributed by atoms with van der Waals surface area (Å²) in [5, 5.41) is 0. The van der Waals surface area contributed by atoms with E-state index in [1.54, 1.807) is 36.8 Å². The van der Waals surface area contributed by atoms with E-state index in [-0.39, 0.29) is 0 Å². The molecule has 1 aromatic rings. The van der Waals surface area contributed by atoms with Gasteiger partial charge in [0.05, 0.1) is 0 Å². The largest absolute Gasteiger partial charge is 0.0654 e. The van der Waals surface area contributed by atoms with E-state index in [2.05, 4.69) is 38.1 Å². The molecular formula is C34H58. The van der Waals surface area contributed by atoms with Gasteiger partial charge in [-0.05, 0) is 86.2 Å². The van der Waals surface area contributed by atoms with Gasteiger partial charge in [-0.1, -0.05) is 128 Å². The summed E-state index contributed by atoms with van der Waals surface area (Å²) in [6.07, 6.45) is 32.0. The average Bonchev–Trinajstić information content (AvgIpc) is 2.89. The molecular weight excluding hydrogens is 408 g/mol. The molecule has 0 N–H and O–H groups in total. The minimum atomic E-state index is 0.994. The zero-order valence-electron chi connectivity index (χ0n) is 23.2. The Morgan fingerprint density at radius 1 is 0.471 bits per heavy atom. The molecule has 2 fully saturated rings. The topological polar surface area (TPSA) is 0 Å². The predicted octanol–water partition coefficient (Wildman–Crippen LogP) is 11.1. The lowest BCUT2D eigenvalue weighted by Crippen LogP contribution is -2.26. The van der Waals surface area contributed by atoms with E-state index in [9.17, 15) is 0 Å². The number of aryl methyl sites for hydroxylation is 2. The number of hydrogen-bond acceptors (Lipinski definition) is 0. The molecule has 0 radical (unpaired) electrons. The normalized spacial score (nSPS) is 25.5. The highest BCUT2D eigenvalue weighted by Gasteiger charge is 2.30. The van der Waals surface area contributed by atoms with Crippen molar-refractivity contribution in [3.63, 3.8) is 0 Å². The number of rotatable bonds is 16. The van der Waals surface area contributed by atoms with Crippen LogP contribution in [0, 0.1) is 23.7 Å². The third kappa shape index (κ3) is 10.5. The highest BCUT2D eigenvalue weighted by molar-refractivity contribution is 5.22. The van der Waals surface area contributed by atoms with Gasteiger partial charge < -0.3 is 0 Å². The van der Waals surface area contributed by atoms with E-state index in [1.807, 2.05) is 0 Å². The van der Waals surface area contributed by atoms with Crippen molar-refractivity contribution in [2.24, 2.45) is 23.7 Å². The molecule has 0 heteroatoms. The minimum Gasteiger partial charge on any atom is -0.0654 e. The number of hydrogen-bond donors (Lipinski definition) is 0. The van der Waals surface area contributed by atoms with Gasteiger partial charge in [0.1, 0.15) is 0 Å². The average molecular weight is 467 g/mol. The molecule has 0 heterocycles. The molecule has 0 aliphatic heterocycles. The van der Waals surface area contributed by atoms with Crippen LogP contribution in [0.1, 0.15) is 153 Å². The van der Waals surface area contributed by atoms with Crippen molar-refractivity contribution in [2.75, 3.05) is 0 Å². The van der Waals surface area contributed by atoms with E-state index in [0.717, 1.165) is 23.7 Å².